The van der Waals surface area contributed by atoms with Crippen LogP contribution < -0.4 is 0 Å². The van der Waals surface area contributed by atoms with Crippen molar-refractivity contribution >= 4 is 29.2 Å². The highest BCUT2D eigenvalue weighted by Crippen LogP contribution is 2.17. The summed E-state index contributed by atoms with van der Waals surface area (Å²) in [7, 11) is 1.43. The van der Waals surface area contributed by atoms with E-state index in [0.717, 1.165) is 38.5 Å². The standard InChI is InChI=1S/C13H24Cl2O2/c1-11(14)10-12(15)8-6-4-3-5-7-9-13(16)17-2/h11-12H,3-10H2,1-2H3. The molecule has 0 aromatic heterocycles. The molecule has 0 rings (SSSR count). The van der Waals surface area contributed by atoms with E-state index in [1.165, 1.54) is 13.5 Å². The molecule has 0 bridgehead atoms. The minimum atomic E-state index is -0.109. The van der Waals surface area contributed by atoms with Crippen molar-refractivity contribution in [2.24, 2.45) is 0 Å². The summed E-state index contributed by atoms with van der Waals surface area (Å²) in [5.41, 5.74) is 0. The number of hydrogen-bond acceptors (Lipinski definition) is 2. The summed E-state index contributed by atoms with van der Waals surface area (Å²) in [6, 6.07) is 0. The number of unbranched alkanes of at least 4 members (excludes halogenated alkanes) is 4. The van der Waals surface area contributed by atoms with Gasteiger partial charge in [0.1, 0.15) is 0 Å². The maximum atomic E-state index is 10.8. The fourth-order valence-corrected chi connectivity index (χ4v) is 2.47. The van der Waals surface area contributed by atoms with Gasteiger partial charge in [-0.2, -0.15) is 0 Å². The Morgan fingerprint density at radius 1 is 1.12 bits per heavy atom. The summed E-state index contributed by atoms with van der Waals surface area (Å²) in [5.74, 6) is -0.109. The lowest BCUT2D eigenvalue weighted by Crippen LogP contribution is -2.05. The highest BCUT2D eigenvalue weighted by atomic mass is 35.5. The van der Waals surface area contributed by atoms with Gasteiger partial charge < -0.3 is 4.74 Å². The van der Waals surface area contributed by atoms with Gasteiger partial charge in [-0.05, 0) is 26.2 Å². The van der Waals surface area contributed by atoms with Crippen LogP contribution in [0.1, 0.15) is 58.3 Å². The number of halogens is 2. The Balaban J connectivity index is 3.21. The normalized spacial score (nSPS) is 14.4. The number of esters is 1. The molecule has 2 nitrogen and oxygen atoms in total. The first-order chi connectivity index (χ1) is 8.06. The second kappa shape index (κ2) is 11.2. The molecule has 0 aromatic rings. The molecule has 0 spiro atoms. The second-order valence-electron chi connectivity index (χ2n) is 4.50. The lowest BCUT2D eigenvalue weighted by molar-refractivity contribution is -0.140. The van der Waals surface area contributed by atoms with Crippen LogP contribution in [0.4, 0.5) is 0 Å². The van der Waals surface area contributed by atoms with E-state index in [4.69, 9.17) is 23.2 Å². The first-order valence-electron chi connectivity index (χ1n) is 6.41. The lowest BCUT2D eigenvalue weighted by Gasteiger charge is -2.10. The molecule has 0 saturated carbocycles. The van der Waals surface area contributed by atoms with Gasteiger partial charge in [-0.15, -0.1) is 23.2 Å². The van der Waals surface area contributed by atoms with Crippen LogP contribution >= 0.6 is 23.2 Å². The fourth-order valence-electron chi connectivity index (χ4n) is 1.74. The third kappa shape index (κ3) is 12.3. The molecule has 0 N–H and O–H groups in total. The van der Waals surface area contributed by atoms with Gasteiger partial charge in [0.15, 0.2) is 0 Å². The summed E-state index contributed by atoms with van der Waals surface area (Å²) in [6.07, 6.45) is 7.97. The van der Waals surface area contributed by atoms with Crippen molar-refractivity contribution in [3.63, 3.8) is 0 Å². The van der Waals surface area contributed by atoms with E-state index in [-0.39, 0.29) is 16.7 Å². The van der Waals surface area contributed by atoms with Crippen molar-refractivity contribution in [3.05, 3.63) is 0 Å². The molecule has 0 fully saturated rings. The molecule has 0 heterocycles. The van der Waals surface area contributed by atoms with Gasteiger partial charge in [0.25, 0.3) is 0 Å². The van der Waals surface area contributed by atoms with Gasteiger partial charge in [0.2, 0.25) is 0 Å². The topological polar surface area (TPSA) is 26.3 Å². The molecule has 0 saturated heterocycles. The summed E-state index contributed by atoms with van der Waals surface area (Å²) in [6.45, 7) is 1.98. The minimum absolute atomic E-state index is 0.109. The zero-order chi connectivity index (χ0) is 13.1. The predicted molar refractivity (Wildman–Crippen MR) is 73.9 cm³/mol. The van der Waals surface area contributed by atoms with Crippen molar-refractivity contribution in [2.75, 3.05) is 7.11 Å². The molecule has 0 amide bonds. The van der Waals surface area contributed by atoms with E-state index in [2.05, 4.69) is 4.74 Å². The van der Waals surface area contributed by atoms with Gasteiger partial charge in [0, 0.05) is 17.2 Å². The molecule has 102 valence electrons. The lowest BCUT2D eigenvalue weighted by atomic mass is 10.1. The molecule has 0 aromatic carbocycles. The van der Waals surface area contributed by atoms with Crippen LogP contribution in [0, 0.1) is 0 Å². The van der Waals surface area contributed by atoms with Crippen molar-refractivity contribution < 1.29 is 9.53 Å². The van der Waals surface area contributed by atoms with Crippen LogP contribution in [-0.2, 0) is 9.53 Å². The van der Waals surface area contributed by atoms with E-state index in [9.17, 15) is 4.79 Å². The molecular formula is C13H24Cl2O2. The Morgan fingerprint density at radius 3 is 2.29 bits per heavy atom. The van der Waals surface area contributed by atoms with Crippen molar-refractivity contribution in [1.29, 1.82) is 0 Å². The Hall–Kier alpha value is 0.0500. The van der Waals surface area contributed by atoms with E-state index in [0.29, 0.717) is 6.42 Å². The molecule has 2 unspecified atom stereocenters. The Morgan fingerprint density at radius 2 is 1.71 bits per heavy atom. The first-order valence-corrected chi connectivity index (χ1v) is 7.28. The zero-order valence-corrected chi connectivity index (χ0v) is 12.4. The van der Waals surface area contributed by atoms with Crippen LogP contribution in [0.25, 0.3) is 0 Å². The Labute approximate surface area is 115 Å². The molecule has 0 aliphatic heterocycles. The first kappa shape index (κ1) is 17.1. The Bertz CT molecular complexity index is 196. The second-order valence-corrected chi connectivity index (χ2v) is 5.86. The summed E-state index contributed by atoms with van der Waals surface area (Å²) in [5, 5.41) is 0.370. The third-order valence-corrected chi connectivity index (χ3v) is 3.28. The number of carbonyl (C=O) groups is 1. The van der Waals surface area contributed by atoms with E-state index in [1.807, 2.05) is 6.92 Å². The fraction of sp³-hybridized carbons (Fsp3) is 0.923. The average Bonchev–Trinajstić information content (AvgIpc) is 2.26. The summed E-state index contributed by atoms with van der Waals surface area (Å²) >= 11 is 12.0. The van der Waals surface area contributed by atoms with E-state index < -0.39 is 0 Å². The summed E-state index contributed by atoms with van der Waals surface area (Å²) in [4.78, 5) is 10.8. The molecule has 2 atom stereocenters. The maximum absolute atomic E-state index is 10.8. The van der Waals surface area contributed by atoms with Gasteiger partial charge in [-0.1, -0.05) is 25.7 Å². The van der Waals surface area contributed by atoms with Crippen LogP contribution in [-0.4, -0.2) is 23.8 Å². The van der Waals surface area contributed by atoms with Gasteiger partial charge >= 0.3 is 5.97 Å². The number of hydrogen-bond donors (Lipinski definition) is 0. The Kier molecular flexibility index (Phi) is 11.2. The number of methoxy groups -OCH3 is 1. The number of carbonyl (C=O) groups excluding carboxylic acids is 1. The van der Waals surface area contributed by atoms with E-state index in [1.54, 1.807) is 0 Å². The van der Waals surface area contributed by atoms with Crippen LogP contribution in [0.15, 0.2) is 0 Å². The predicted octanol–water partition coefficient (Wildman–Crippen LogP) is 4.51. The molecule has 0 aliphatic carbocycles. The molecule has 17 heavy (non-hydrogen) atoms. The quantitative estimate of drug-likeness (QED) is 0.335. The number of ether oxygens (including phenoxy) is 1. The monoisotopic (exact) mass is 282 g/mol. The smallest absolute Gasteiger partial charge is 0.305 e. The number of alkyl halides is 2. The highest BCUT2D eigenvalue weighted by molar-refractivity contribution is 6.23. The van der Waals surface area contributed by atoms with Gasteiger partial charge in [-0.3, -0.25) is 4.79 Å². The minimum Gasteiger partial charge on any atom is -0.469 e. The summed E-state index contributed by atoms with van der Waals surface area (Å²) < 4.78 is 4.58. The van der Waals surface area contributed by atoms with Gasteiger partial charge in [0.05, 0.1) is 7.11 Å². The zero-order valence-electron chi connectivity index (χ0n) is 10.9. The largest absolute Gasteiger partial charge is 0.469 e. The van der Waals surface area contributed by atoms with Crippen molar-refractivity contribution in [3.8, 4) is 0 Å². The molecule has 0 radical (unpaired) electrons. The van der Waals surface area contributed by atoms with E-state index >= 15 is 0 Å². The maximum Gasteiger partial charge on any atom is 0.305 e. The van der Waals surface area contributed by atoms with Crippen LogP contribution in [0.2, 0.25) is 0 Å². The third-order valence-electron chi connectivity index (χ3n) is 2.71. The average molecular weight is 283 g/mol. The van der Waals surface area contributed by atoms with Crippen molar-refractivity contribution in [2.45, 2.75) is 69.0 Å². The SMILES string of the molecule is COC(=O)CCCCCCCC(Cl)CC(C)Cl. The number of rotatable bonds is 10. The highest BCUT2D eigenvalue weighted by Gasteiger charge is 2.07. The molecular weight excluding hydrogens is 259 g/mol. The molecule has 0 aliphatic rings. The van der Waals surface area contributed by atoms with Crippen LogP contribution in [0.3, 0.4) is 0 Å². The van der Waals surface area contributed by atoms with Crippen LogP contribution in [0.5, 0.6) is 0 Å². The van der Waals surface area contributed by atoms with Crippen molar-refractivity contribution in [1.82, 2.24) is 0 Å². The molecule has 4 heteroatoms. The van der Waals surface area contributed by atoms with Gasteiger partial charge in [-0.25, -0.2) is 0 Å².